The number of pyridine rings is 1. The summed E-state index contributed by atoms with van der Waals surface area (Å²) in [6.45, 7) is 0.144. The highest BCUT2D eigenvalue weighted by molar-refractivity contribution is 5.63. The largest absolute Gasteiger partial charge is 0.443 e. The molecule has 0 unspecified atom stereocenters. The highest BCUT2D eigenvalue weighted by atomic mass is 16.5. The highest BCUT2D eigenvalue weighted by Crippen LogP contribution is 1.97. The van der Waals surface area contributed by atoms with Crippen LogP contribution in [0, 0.1) is 0 Å². The summed E-state index contributed by atoms with van der Waals surface area (Å²) in [7, 11) is 0. The summed E-state index contributed by atoms with van der Waals surface area (Å²) in [5.74, 6) is 0. The minimum atomic E-state index is -1.01. The van der Waals surface area contributed by atoms with Crippen LogP contribution in [0.15, 0.2) is 24.5 Å². The summed E-state index contributed by atoms with van der Waals surface area (Å²) in [5, 5.41) is 0. The lowest BCUT2D eigenvalue weighted by atomic mass is 10.3. The fourth-order valence-electron chi connectivity index (χ4n) is 0.628. The molecule has 1 aromatic heterocycles. The number of ether oxygens (including phenoxy) is 1. The lowest BCUT2D eigenvalue weighted by Crippen LogP contribution is -2.01. The SMILES string of the molecule is [NH]C(=O)OCc1ccncc1. The van der Waals surface area contributed by atoms with Crippen molar-refractivity contribution in [1.29, 1.82) is 0 Å². The molecule has 1 N–H and O–H groups in total. The molecule has 11 heavy (non-hydrogen) atoms. The summed E-state index contributed by atoms with van der Waals surface area (Å²) in [4.78, 5) is 13.8. The third-order valence-corrected chi connectivity index (χ3v) is 1.12. The number of amides is 1. The van der Waals surface area contributed by atoms with Gasteiger partial charge in [-0.1, -0.05) is 0 Å². The first-order valence-electron chi connectivity index (χ1n) is 3.06. The first-order valence-corrected chi connectivity index (χ1v) is 3.06. The Labute approximate surface area is 64.0 Å². The van der Waals surface area contributed by atoms with Crippen molar-refractivity contribution in [1.82, 2.24) is 10.7 Å². The molecule has 1 rings (SSSR count). The molecule has 4 heteroatoms. The van der Waals surface area contributed by atoms with Crippen molar-refractivity contribution < 1.29 is 9.53 Å². The summed E-state index contributed by atoms with van der Waals surface area (Å²) in [6, 6.07) is 3.45. The van der Waals surface area contributed by atoms with Gasteiger partial charge in [-0.15, -0.1) is 0 Å². The Morgan fingerprint density at radius 3 is 2.73 bits per heavy atom. The zero-order chi connectivity index (χ0) is 8.10. The smallest absolute Gasteiger partial charge is 0.426 e. The summed E-state index contributed by atoms with van der Waals surface area (Å²) < 4.78 is 4.43. The van der Waals surface area contributed by atoms with Crippen molar-refractivity contribution in [3.63, 3.8) is 0 Å². The first kappa shape index (κ1) is 7.53. The van der Waals surface area contributed by atoms with E-state index in [0.717, 1.165) is 5.56 Å². The summed E-state index contributed by atoms with van der Waals surface area (Å²) >= 11 is 0. The Kier molecular flexibility index (Phi) is 2.43. The second kappa shape index (κ2) is 3.55. The van der Waals surface area contributed by atoms with Crippen molar-refractivity contribution in [3.8, 4) is 0 Å². The molecule has 0 spiro atoms. The van der Waals surface area contributed by atoms with Crippen LogP contribution in [0.5, 0.6) is 0 Å². The van der Waals surface area contributed by atoms with Gasteiger partial charge < -0.3 is 4.74 Å². The van der Waals surface area contributed by atoms with Crippen molar-refractivity contribution in [2.24, 2.45) is 0 Å². The van der Waals surface area contributed by atoms with Crippen LogP contribution in [0.4, 0.5) is 4.79 Å². The van der Waals surface area contributed by atoms with Gasteiger partial charge in [-0.3, -0.25) is 4.98 Å². The summed E-state index contributed by atoms with van der Waals surface area (Å²) in [6.07, 6.45) is 2.20. The van der Waals surface area contributed by atoms with Gasteiger partial charge >= 0.3 is 6.09 Å². The molecule has 0 aromatic carbocycles. The topological polar surface area (TPSA) is 63.0 Å². The van der Waals surface area contributed by atoms with E-state index in [1.165, 1.54) is 0 Å². The van der Waals surface area contributed by atoms with E-state index in [4.69, 9.17) is 5.73 Å². The van der Waals surface area contributed by atoms with Gasteiger partial charge in [0.25, 0.3) is 0 Å². The maximum atomic E-state index is 10.0. The average molecular weight is 151 g/mol. The lowest BCUT2D eigenvalue weighted by molar-refractivity contribution is 0.148. The Bertz CT molecular complexity index is 235. The lowest BCUT2D eigenvalue weighted by Gasteiger charge is -1.98. The molecule has 0 saturated heterocycles. The van der Waals surface area contributed by atoms with E-state index in [9.17, 15) is 4.79 Å². The fraction of sp³-hybridized carbons (Fsp3) is 0.143. The molecule has 1 radical (unpaired) electrons. The molecule has 0 bridgehead atoms. The zero-order valence-corrected chi connectivity index (χ0v) is 5.78. The van der Waals surface area contributed by atoms with Crippen LogP contribution >= 0.6 is 0 Å². The summed E-state index contributed by atoms with van der Waals surface area (Å²) in [5.41, 5.74) is 7.28. The predicted octanol–water partition coefficient (Wildman–Crippen LogP) is 1.00. The molecule has 0 aliphatic carbocycles. The van der Waals surface area contributed by atoms with Crippen LogP contribution in [-0.4, -0.2) is 11.1 Å². The molecule has 4 nitrogen and oxygen atoms in total. The molecule has 0 aliphatic rings. The molecule has 0 aliphatic heterocycles. The van der Waals surface area contributed by atoms with Crippen molar-refractivity contribution in [3.05, 3.63) is 30.1 Å². The maximum absolute atomic E-state index is 10.0. The monoisotopic (exact) mass is 151 g/mol. The Hall–Kier alpha value is -1.58. The van der Waals surface area contributed by atoms with E-state index in [0.29, 0.717) is 0 Å². The van der Waals surface area contributed by atoms with Crippen molar-refractivity contribution >= 4 is 6.09 Å². The van der Waals surface area contributed by atoms with Gasteiger partial charge in [0.15, 0.2) is 0 Å². The van der Waals surface area contributed by atoms with Crippen LogP contribution in [0.25, 0.3) is 0 Å². The van der Waals surface area contributed by atoms with E-state index < -0.39 is 6.09 Å². The Morgan fingerprint density at radius 2 is 2.18 bits per heavy atom. The van der Waals surface area contributed by atoms with E-state index in [1.54, 1.807) is 24.5 Å². The Morgan fingerprint density at radius 1 is 1.55 bits per heavy atom. The van der Waals surface area contributed by atoms with E-state index in [-0.39, 0.29) is 6.61 Å². The van der Waals surface area contributed by atoms with Crippen molar-refractivity contribution in [2.45, 2.75) is 6.61 Å². The fourth-order valence-corrected chi connectivity index (χ4v) is 0.628. The molecule has 1 amide bonds. The number of nitrogens with zero attached hydrogens (tertiary/aromatic N) is 1. The molecular formula is C7H7N2O2. The second-order valence-electron chi connectivity index (χ2n) is 1.93. The minimum absolute atomic E-state index is 0.144. The van der Waals surface area contributed by atoms with Gasteiger partial charge in [0.2, 0.25) is 0 Å². The van der Waals surface area contributed by atoms with Crippen LogP contribution in [0.1, 0.15) is 5.56 Å². The Balaban J connectivity index is 2.45. The molecule has 1 aromatic rings. The number of carbonyl (C=O) groups excluding carboxylic acids is 1. The van der Waals surface area contributed by atoms with Gasteiger partial charge in [0.05, 0.1) is 0 Å². The normalized spacial score (nSPS) is 9.09. The third kappa shape index (κ3) is 2.66. The number of hydrogen-bond donors (Lipinski definition) is 0. The standard InChI is InChI=1S/C7H7N2O2/c8-7(10)11-5-6-1-3-9-4-2-6/h1-4,8H,5H2. The molecular weight excluding hydrogens is 144 g/mol. The number of aromatic nitrogens is 1. The molecule has 0 saturated carbocycles. The predicted molar refractivity (Wildman–Crippen MR) is 37.5 cm³/mol. The van der Waals surface area contributed by atoms with Gasteiger partial charge in [0.1, 0.15) is 6.61 Å². The quantitative estimate of drug-likeness (QED) is 0.633. The van der Waals surface area contributed by atoms with E-state index in [2.05, 4.69) is 9.72 Å². The molecule has 1 heterocycles. The van der Waals surface area contributed by atoms with Gasteiger partial charge in [-0.25, -0.2) is 10.5 Å². The van der Waals surface area contributed by atoms with Gasteiger partial charge in [-0.2, -0.15) is 0 Å². The molecule has 0 atom stereocenters. The van der Waals surface area contributed by atoms with Crippen LogP contribution in [0.2, 0.25) is 0 Å². The first-order chi connectivity index (χ1) is 5.29. The highest BCUT2D eigenvalue weighted by Gasteiger charge is 1.95. The number of rotatable bonds is 2. The van der Waals surface area contributed by atoms with E-state index in [1.807, 2.05) is 0 Å². The zero-order valence-electron chi connectivity index (χ0n) is 5.78. The van der Waals surface area contributed by atoms with E-state index >= 15 is 0 Å². The van der Waals surface area contributed by atoms with Gasteiger partial charge in [-0.05, 0) is 17.7 Å². The number of nitrogens with one attached hydrogen (secondary N) is 1. The molecule has 0 fully saturated rings. The van der Waals surface area contributed by atoms with Crippen LogP contribution in [0.3, 0.4) is 0 Å². The van der Waals surface area contributed by atoms with Crippen LogP contribution in [-0.2, 0) is 11.3 Å². The molecule has 57 valence electrons. The van der Waals surface area contributed by atoms with Crippen LogP contribution < -0.4 is 5.73 Å². The second-order valence-corrected chi connectivity index (χ2v) is 1.93. The van der Waals surface area contributed by atoms with Crippen molar-refractivity contribution in [2.75, 3.05) is 0 Å². The number of hydrogen-bond acceptors (Lipinski definition) is 3. The minimum Gasteiger partial charge on any atom is -0.443 e. The van der Waals surface area contributed by atoms with Gasteiger partial charge in [0, 0.05) is 12.4 Å². The third-order valence-electron chi connectivity index (χ3n) is 1.12. The average Bonchev–Trinajstić information content (AvgIpc) is 2.03. The maximum Gasteiger partial charge on any atom is 0.426 e. The number of carbonyl (C=O) groups is 1.